The quantitative estimate of drug-likeness (QED) is 0.682. The molecule has 0 heterocycles. The zero-order valence-electron chi connectivity index (χ0n) is 9.26. The van der Waals surface area contributed by atoms with Crippen molar-refractivity contribution >= 4 is 5.69 Å². The molecule has 1 rings (SSSR count). The molecule has 1 aromatic rings. The summed E-state index contributed by atoms with van der Waals surface area (Å²) in [6.45, 7) is 7.25. The van der Waals surface area contributed by atoms with E-state index in [1.807, 2.05) is 20.8 Å². The Morgan fingerprint density at radius 1 is 1.14 bits per heavy atom. The number of benzene rings is 1. The molecule has 14 heavy (non-hydrogen) atoms. The van der Waals surface area contributed by atoms with Crippen LogP contribution in [0.4, 0.5) is 10.1 Å². The van der Waals surface area contributed by atoms with Crippen molar-refractivity contribution in [1.82, 2.24) is 0 Å². The van der Waals surface area contributed by atoms with Gasteiger partial charge in [-0.1, -0.05) is 32.9 Å². The molecule has 0 aliphatic heterocycles. The number of hydrogen-bond donors (Lipinski definition) is 1. The lowest BCUT2D eigenvalue weighted by Gasteiger charge is -2.35. The number of rotatable bonds is 1. The molecule has 1 unspecified atom stereocenters. The van der Waals surface area contributed by atoms with Crippen molar-refractivity contribution in [3.8, 4) is 0 Å². The van der Waals surface area contributed by atoms with Crippen LogP contribution in [0.3, 0.4) is 0 Å². The van der Waals surface area contributed by atoms with Gasteiger partial charge in [0.25, 0.3) is 0 Å². The van der Waals surface area contributed by atoms with Gasteiger partial charge in [0.1, 0.15) is 5.67 Å². The predicted molar refractivity (Wildman–Crippen MR) is 58.8 cm³/mol. The molecule has 2 N–H and O–H groups in total. The Morgan fingerprint density at radius 2 is 1.71 bits per heavy atom. The Hall–Kier alpha value is -1.05. The van der Waals surface area contributed by atoms with E-state index in [1.54, 1.807) is 31.2 Å². The van der Waals surface area contributed by atoms with Crippen molar-refractivity contribution in [2.45, 2.75) is 33.4 Å². The number of nitrogen functional groups attached to an aromatic ring is 1. The van der Waals surface area contributed by atoms with Gasteiger partial charge in [-0.15, -0.1) is 0 Å². The van der Waals surface area contributed by atoms with Gasteiger partial charge >= 0.3 is 0 Å². The minimum absolute atomic E-state index is 0.430. The first kappa shape index (κ1) is 11.0. The van der Waals surface area contributed by atoms with Crippen LogP contribution in [0.5, 0.6) is 0 Å². The van der Waals surface area contributed by atoms with Gasteiger partial charge in [-0.25, -0.2) is 4.39 Å². The first-order valence-corrected chi connectivity index (χ1v) is 4.80. The van der Waals surface area contributed by atoms with E-state index >= 15 is 0 Å². The third kappa shape index (κ3) is 1.89. The Bertz CT molecular complexity index is 323. The van der Waals surface area contributed by atoms with Crippen molar-refractivity contribution in [2.75, 3.05) is 5.73 Å². The van der Waals surface area contributed by atoms with Crippen LogP contribution in [0, 0.1) is 5.41 Å². The number of halogens is 1. The topological polar surface area (TPSA) is 26.0 Å². The van der Waals surface area contributed by atoms with Gasteiger partial charge in [0, 0.05) is 5.69 Å². The minimum Gasteiger partial charge on any atom is -0.399 e. The fourth-order valence-electron chi connectivity index (χ4n) is 1.26. The largest absolute Gasteiger partial charge is 0.399 e. The number of hydrogen-bond acceptors (Lipinski definition) is 1. The van der Waals surface area contributed by atoms with Crippen LogP contribution in [0.2, 0.25) is 0 Å². The third-order valence-electron chi connectivity index (χ3n) is 2.84. The SMILES string of the molecule is CC(C)(C)C(C)(F)c1cccc(N)c1. The Labute approximate surface area is 85.1 Å². The first-order chi connectivity index (χ1) is 6.25. The maximum absolute atomic E-state index is 14.5. The van der Waals surface area contributed by atoms with E-state index in [1.165, 1.54) is 0 Å². The molecule has 0 fully saturated rings. The van der Waals surface area contributed by atoms with E-state index in [-0.39, 0.29) is 0 Å². The van der Waals surface area contributed by atoms with Gasteiger partial charge in [0.2, 0.25) is 0 Å². The highest BCUT2D eigenvalue weighted by Crippen LogP contribution is 2.42. The standard InChI is InChI=1S/C12H18FN/c1-11(2,3)12(4,13)9-6-5-7-10(14)8-9/h5-8H,14H2,1-4H3. The summed E-state index contributed by atoms with van der Waals surface area (Å²) in [5.74, 6) is 0. The molecular weight excluding hydrogens is 177 g/mol. The van der Waals surface area contributed by atoms with E-state index in [9.17, 15) is 4.39 Å². The lowest BCUT2D eigenvalue weighted by molar-refractivity contribution is 0.0453. The van der Waals surface area contributed by atoms with Gasteiger partial charge < -0.3 is 5.73 Å². The molecule has 0 spiro atoms. The van der Waals surface area contributed by atoms with Gasteiger partial charge in [-0.2, -0.15) is 0 Å². The highest BCUT2D eigenvalue weighted by atomic mass is 19.1. The fraction of sp³-hybridized carbons (Fsp3) is 0.500. The van der Waals surface area contributed by atoms with Crippen LogP contribution < -0.4 is 5.73 Å². The maximum Gasteiger partial charge on any atom is 0.138 e. The summed E-state index contributed by atoms with van der Waals surface area (Å²) in [6, 6.07) is 7.03. The van der Waals surface area contributed by atoms with Crippen molar-refractivity contribution in [1.29, 1.82) is 0 Å². The molecule has 0 bridgehead atoms. The van der Waals surface area contributed by atoms with E-state index in [2.05, 4.69) is 0 Å². The van der Waals surface area contributed by atoms with Crippen LogP contribution in [-0.2, 0) is 5.67 Å². The van der Waals surface area contributed by atoms with E-state index in [4.69, 9.17) is 5.73 Å². The van der Waals surface area contributed by atoms with Crippen molar-refractivity contribution in [3.05, 3.63) is 29.8 Å². The van der Waals surface area contributed by atoms with Crippen LogP contribution >= 0.6 is 0 Å². The van der Waals surface area contributed by atoms with E-state index in [0.717, 1.165) is 0 Å². The summed E-state index contributed by atoms with van der Waals surface area (Å²) in [5.41, 5.74) is 5.09. The molecule has 1 atom stereocenters. The zero-order valence-corrected chi connectivity index (χ0v) is 9.26. The Balaban J connectivity index is 3.16. The monoisotopic (exact) mass is 195 g/mol. The Kier molecular flexibility index (Phi) is 2.57. The molecule has 0 amide bonds. The molecule has 0 saturated carbocycles. The van der Waals surface area contributed by atoms with Gasteiger partial charge in [-0.05, 0) is 30.0 Å². The summed E-state index contributed by atoms with van der Waals surface area (Å²) in [4.78, 5) is 0. The maximum atomic E-state index is 14.5. The van der Waals surface area contributed by atoms with Gasteiger partial charge in [-0.3, -0.25) is 0 Å². The molecule has 1 nitrogen and oxygen atoms in total. The van der Waals surface area contributed by atoms with Crippen molar-refractivity contribution in [2.24, 2.45) is 5.41 Å². The number of nitrogens with two attached hydrogens (primary N) is 1. The molecule has 0 radical (unpaired) electrons. The average molecular weight is 195 g/mol. The molecule has 1 aromatic carbocycles. The second kappa shape index (κ2) is 3.26. The second-order valence-corrected chi connectivity index (χ2v) is 4.88. The van der Waals surface area contributed by atoms with Crippen molar-refractivity contribution in [3.63, 3.8) is 0 Å². The summed E-state index contributed by atoms with van der Waals surface area (Å²) < 4.78 is 14.5. The molecule has 78 valence electrons. The lowest BCUT2D eigenvalue weighted by atomic mass is 9.75. The highest BCUT2D eigenvalue weighted by Gasteiger charge is 2.39. The Morgan fingerprint density at radius 3 is 2.14 bits per heavy atom. The minimum atomic E-state index is -1.36. The summed E-state index contributed by atoms with van der Waals surface area (Å²) in [7, 11) is 0. The smallest absolute Gasteiger partial charge is 0.138 e. The summed E-state index contributed by atoms with van der Waals surface area (Å²) in [6.07, 6.45) is 0. The van der Waals surface area contributed by atoms with Crippen LogP contribution in [0.1, 0.15) is 33.3 Å². The van der Waals surface area contributed by atoms with E-state index < -0.39 is 11.1 Å². The lowest BCUT2D eigenvalue weighted by Crippen LogP contribution is -2.32. The van der Waals surface area contributed by atoms with Gasteiger partial charge in [0.05, 0.1) is 0 Å². The summed E-state index contributed by atoms with van der Waals surface area (Å²) >= 11 is 0. The number of alkyl halides is 1. The molecule has 0 saturated heterocycles. The normalized spacial score (nSPS) is 16.4. The first-order valence-electron chi connectivity index (χ1n) is 4.80. The van der Waals surface area contributed by atoms with Crippen molar-refractivity contribution < 1.29 is 4.39 Å². The fourth-order valence-corrected chi connectivity index (χ4v) is 1.26. The van der Waals surface area contributed by atoms with Crippen LogP contribution in [-0.4, -0.2) is 0 Å². The number of anilines is 1. The highest BCUT2D eigenvalue weighted by molar-refractivity contribution is 5.43. The predicted octanol–water partition coefficient (Wildman–Crippen LogP) is 3.50. The van der Waals surface area contributed by atoms with Crippen LogP contribution in [0.15, 0.2) is 24.3 Å². The molecular formula is C12H18FN. The van der Waals surface area contributed by atoms with E-state index in [0.29, 0.717) is 11.3 Å². The molecule has 0 aliphatic carbocycles. The molecule has 0 aromatic heterocycles. The summed E-state index contributed by atoms with van der Waals surface area (Å²) in [5, 5.41) is 0. The molecule has 2 heteroatoms. The van der Waals surface area contributed by atoms with Gasteiger partial charge in [0.15, 0.2) is 0 Å². The second-order valence-electron chi connectivity index (χ2n) is 4.88. The third-order valence-corrected chi connectivity index (χ3v) is 2.84. The van der Waals surface area contributed by atoms with Crippen LogP contribution in [0.25, 0.3) is 0 Å². The zero-order chi connectivity index (χ0) is 11.0. The molecule has 0 aliphatic rings. The average Bonchev–Trinajstić information content (AvgIpc) is 2.02.